The highest BCUT2D eigenvalue weighted by molar-refractivity contribution is 6.28. The Kier molecular flexibility index (Phi) is 6.39. The molecule has 3 aliphatic rings. The minimum atomic E-state index is -0.385. The molecule has 10 heteroatoms. The highest BCUT2D eigenvalue weighted by atomic mass is 16.5. The number of carbonyl (C=O) groups is 6. The first-order chi connectivity index (χ1) is 21.3. The summed E-state index contributed by atoms with van der Waals surface area (Å²) in [5, 5.41) is 0. The molecule has 0 spiro atoms. The molecule has 1 aliphatic carbocycles. The normalized spacial score (nSPS) is 14.9. The van der Waals surface area contributed by atoms with Crippen molar-refractivity contribution in [3.05, 3.63) is 129 Å². The van der Waals surface area contributed by atoms with Gasteiger partial charge in [-0.1, -0.05) is 24.3 Å². The van der Waals surface area contributed by atoms with Crippen LogP contribution in [0.4, 0.5) is 0 Å². The smallest absolute Gasteiger partial charge is 0.261 e. The fourth-order valence-corrected chi connectivity index (χ4v) is 5.68. The molecule has 2 aliphatic heterocycles. The van der Waals surface area contributed by atoms with Crippen molar-refractivity contribution in [1.29, 1.82) is 0 Å². The fourth-order valence-electron chi connectivity index (χ4n) is 5.68. The van der Waals surface area contributed by atoms with Crippen LogP contribution in [0.25, 0.3) is 0 Å². The zero-order valence-electron chi connectivity index (χ0n) is 23.1. The number of nitrogens with zero attached hydrogens (tertiary/aromatic N) is 2. The molecular weight excluding hydrogens is 564 g/mol. The van der Waals surface area contributed by atoms with Crippen molar-refractivity contribution in [2.45, 2.75) is 0 Å². The minimum Gasteiger partial charge on any atom is -0.492 e. The van der Waals surface area contributed by atoms with E-state index in [-0.39, 0.29) is 83.8 Å². The molecule has 0 N–H and O–H groups in total. The molecule has 0 unspecified atom stereocenters. The maximum Gasteiger partial charge on any atom is 0.261 e. The Labute approximate surface area is 250 Å². The van der Waals surface area contributed by atoms with Gasteiger partial charge in [0, 0.05) is 22.3 Å². The summed E-state index contributed by atoms with van der Waals surface area (Å²) in [4.78, 5) is 79.3. The highest BCUT2D eigenvalue weighted by Crippen LogP contribution is 2.32. The number of rotatable bonds is 8. The standard InChI is InChI=1S/C34H22N2O8/c37-29-22-12-10-20(44-16-14-36-33(41)25-7-3-4-8-26(25)34(36)42)18-28(22)30(38)21-11-9-19(17-27(21)29)43-15-13-35-31(39)23-5-1-2-6-24(23)32(35)40/h1-12,17-18H,13-16H2. The van der Waals surface area contributed by atoms with Gasteiger partial charge in [-0.25, -0.2) is 0 Å². The lowest BCUT2D eigenvalue weighted by Crippen LogP contribution is -2.33. The minimum absolute atomic E-state index is 0.00435. The van der Waals surface area contributed by atoms with E-state index in [0.29, 0.717) is 33.8 Å². The van der Waals surface area contributed by atoms with Crippen LogP contribution in [-0.2, 0) is 0 Å². The summed E-state index contributed by atoms with van der Waals surface area (Å²) in [6.45, 7) is 0.0542. The van der Waals surface area contributed by atoms with Gasteiger partial charge in [0.2, 0.25) is 0 Å². The van der Waals surface area contributed by atoms with Crippen molar-refractivity contribution in [3.63, 3.8) is 0 Å². The van der Waals surface area contributed by atoms with Gasteiger partial charge in [0.1, 0.15) is 24.7 Å². The summed E-state index contributed by atoms with van der Waals surface area (Å²) < 4.78 is 11.5. The lowest BCUT2D eigenvalue weighted by Gasteiger charge is -2.20. The first kappa shape index (κ1) is 27.0. The van der Waals surface area contributed by atoms with Crippen molar-refractivity contribution in [3.8, 4) is 11.5 Å². The number of ketones is 2. The van der Waals surface area contributed by atoms with Crippen LogP contribution in [0.3, 0.4) is 0 Å². The van der Waals surface area contributed by atoms with Crippen LogP contribution in [0.15, 0.2) is 84.9 Å². The molecule has 4 amide bonds. The number of imide groups is 2. The zero-order valence-corrected chi connectivity index (χ0v) is 23.1. The van der Waals surface area contributed by atoms with Gasteiger partial charge < -0.3 is 9.47 Å². The second kappa shape index (κ2) is 10.4. The predicted molar refractivity (Wildman–Crippen MR) is 154 cm³/mol. The van der Waals surface area contributed by atoms with Crippen LogP contribution < -0.4 is 9.47 Å². The maximum absolute atomic E-state index is 13.4. The van der Waals surface area contributed by atoms with Crippen molar-refractivity contribution in [2.75, 3.05) is 26.3 Å². The molecule has 0 fully saturated rings. The second-order valence-electron chi connectivity index (χ2n) is 10.4. The van der Waals surface area contributed by atoms with Crippen molar-refractivity contribution >= 4 is 35.2 Å². The fraction of sp³-hybridized carbons (Fsp3) is 0.118. The molecule has 7 rings (SSSR count). The summed E-state index contributed by atoms with van der Waals surface area (Å²) in [6.07, 6.45) is 0. The molecule has 4 aromatic rings. The van der Waals surface area contributed by atoms with E-state index < -0.39 is 0 Å². The van der Waals surface area contributed by atoms with E-state index in [2.05, 4.69) is 0 Å². The molecule has 0 saturated heterocycles. The number of carbonyl (C=O) groups excluding carboxylic acids is 6. The van der Waals surface area contributed by atoms with Crippen LogP contribution in [-0.4, -0.2) is 71.3 Å². The molecule has 2 heterocycles. The Balaban J connectivity index is 0.997. The van der Waals surface area contributed by atoms with E-state index in [1.165, 1.54) is 24.3 Å². The van der Waals surface area contributed by atoms with E-state index in [1.54, 1.807) is 60.7 Å². The highest BCUT2D eigenvalue weighted by Gasteiger charge is 2.36. The zero-order chi connectivity index (χ0) is 30.5. The van der Waals surface area contributed by atoms with Crippen LogP contribution in [0.1, 0.15) is 73.3 Å². The Hall–Kier alpha value is -5.90. The largest absolute Gasteiger partial charge is 0.492 e. The van der Waals surface area contributed by atoms with Crippen molar-refractivity contribution < 1.29 is 38.2 Å². The van der Waals surface area contributed by atoms with Crippen LogP contribution in [0.5, 0.6) is 11.5 Å². The Morgan fingerprint density at radius 1 is 0.409 bits per heavy atom. The van der Waals surface area contributed by atoms with Gasteiger partial charge in [-0.15, -0.1) is 0 Å². The number of fused-ring (bicyclic) bond motifs is 4. The van der Waals surface area contributed by atoms with E-state index in [1.807, 2.05) is 0 Å². The van der Waals surface area contributed by atoms with Crippen LogP contribution in [0.2, 0.25) is 0 Å². The molecule has 0 aromatic heterocycles. The van der Waals surface area contributed by atoms with E-state index in [0.717, 1.165) is 9.80 Å². The second-order valence-corrected chi connectivity index (χ2v) is 10.4. The Bertz CT molecular complexity index is 1750. The average Bonchev–Trinajstić information content (AvgIpc) is 3.44. The van der Waals surface area contributed by atoms with Crippen LogP contribution in [0, 0.1) is 0 Å². The number of ether oxygens (including phenoxy) is 2. The third-order valence-electron chi connectivity index (χ3n) is 7.88. The quantitative estimate of drug-likeness (QED) is 0.251. The van der Waals surface area contributed by atoms with Crippen LogP contribution >= 0.6 is 0 Å². The van der Waals surface area contributed by atoms with Crippen molar-refractivity contribution in [1.82, 2.24) is 9.80 Å². The van der Waals surface area contributed by atoms with Crippen molar-refractivity contribution in [2.24, 2.45) is 0 Å². The van der Waals surface area contributed by atoms with E-state index in [4.69, 9.17) is 9.47 Å². The first-order valence-electron chi connectivity index (χ1n) is 13.9. The number of hydrogen-bond acceptors (Lipinski definition) is 8. The molecule has 0 atom stereocenters. The maximum atomic E-state index is 13.4. The van der Waals surface area contributed by atoms with Gasteiger partial charge in [-0.3, -0.25) is 38.6 Å². The molecule has 44 heavy (non-hydrogen) atoms. The molecule has 0 bridgehead atoms. The number of hydrogen-bond donors (Lipinski definition) is 0. The van der Waals surface area contributed by atoms with Gasteiger partial charge in [0.25, 0.3) is 23.6 Å². The molecule has 216 valence electrons. The molecule has 10 nitrogen and oxygen atoms in total. The first-order valence-corrected chi connectivity index (χ1v) is 13.9. The number of amides is 4. The summed E-state index contributed by atoms with van der Waals surface area (Å²) >= 11 is 0. The van der Waals surface area contributed by atoms with Gasteiger partial charge in [0.15, 0.2) is 11.6 Å². The lowest BCUT2D eigenvalue weighted by molar-refractivity contribution is 0.0617. The Morgan fingerprint density at radius 2 is 0.750 bits per heavy atom. The molecular formula is C34H22N2O8. The molecule has 4 aromatic carbocycles. The summed E-state index contributed by atoms with van der Waals surface area (Å²) in [6, 6.07) is 22.3. The third-order valence-corrected chi connectivity index (χ3v) is 7.88. The van der Waals surface area contributed by atoms with Gasteiger partial charge in [-0.2, -0.15) is 0 Å². The SMILES string of the molecule is O=C1c2ccc(OCCN3C(=O)c4ccccc4C3=O)cc2C(=O)c2ccc(OCCN3C(=O)c4ccccc4C3=O)cc21. The third kappa shape index (κ3) is 4.27. The Morgan fingerprint density at radius 3 is 1.09 bits per heavy atom. The van der Waals surface area contributed by atoms with E-state index in [9.17, 15) is 28.8 Å². The summed E-state index contributed by atoms with van der Waals surface area (Å²) in [5.74, 6) is -1.63. The topological polar surface area (TPSA) is 127 Å². The molecule has 0 saturated carbocycles. The van der Waals surface area contributed by atoms with E-state index >= 15 is 0 Å². The van der Waals surface area contributed by atoms with Gasteiger partial charge >= 0.3 is 0 Å². The number of benzene rings is 4. The summed E-state index contributed by atoms with van der Waals surface area (Å²) in [7, 11) is 0. The predicted octanol–water partition coefficient (Wildman–Crippen LogP) is 3.81. The van der Waals surface area contributed by atoms with Gasteiger partial charge in [-0.05, 0) is 60.7 Å². The van der Waals surface area contributed by atoms with Gasteiger partial charge in [0.05, 0.1) is 35.3 Å². The average molecular weight is 587 g/mol. The summed E-state index contributed by atoms with van der Waals surface area (Å²) in [5.41, 5.74) is 2.18. The lowest BCUT2D eigenvalue weighted by atomic mass is 9.84. The monoisotopic (exact) mass is 586 g/mol. The molecule has 0 radical (unpaired) electrons.